The first-order chi connectivity index (χ1) is 6.27. The second-order valence-electron chi connectivity index (χ2n) is 4.31. The van der Waals surface area contributed by atoms with Crippen LogP contribution in [0.25, 0.3) is 0 Å². The summed E-state index contributed by atoms with van der Waals surface area (Å²) in [6.45, 7) is 10.2. The van der Waals surface area contributed by atoms with Gasteiger partial charge in [0.15, 0.2) is 0 Å². The van der Waals surface area contributed by atoms with Crippen molar-refractivity contribution in [3.05, 3.63) is 12.2 Å². The summed E-state index contributed by atoms with van der Waals surface area (Å²) in [5, 5.41) is 0. The molecule has 1 unspecified atom stereocenters. The Kier molecular flexibility index (Phi) is 2.43. The molecule has 2 heterocycles. The van der Waals surface area contributed by atoms with Crippen LogP contribution in [0.4, 0.5) is 0 Å². The summed E-state index contributed by atoms with van der Waals surface area (Å²) in [5.74, 6) is 0. The molecule has 2 fully saturated rings. The molecule has 2 saturated heterocycles. The van der Waals surface area contributed by atoms with Crippen molar-refractivity contribution in [2.75, 3.05) is 26.3 Å². The van der Waals surface area contributed by atoms with Gasteiger partial charge in [0.05, 0.1) is 6.61 Å². The zero-order chi connectivity index (χ0) is 9.31. The van der Waals surface area contributed by atoms with Crippen molar-refractivity contribution in [2.45, 2.75) is 31.7 Å². The third kappa shape index (κ3) is 1.53. The monoisotopic (exact) mass is 181 g/mol. The Balaban J connectivity index is 2.04. The molecule has 0 aromatic carbocycles. The number of hydrogen-bond acceptors (Lipinski definition) is 2. The van der Waals surface area contributed by atoms with Gasteiger partial charge in [-0.2, -0.15) is 0 Å². The Hall–Kier alpha value is -0.340. The van der Waals surface area contributed by atoms with Crippen LogP contribution in [0.1, 0.15) is 26.2 Å². The Labute approximate surface area is 80.6 Å². The maximum Gasteiger partial charge on any atom is 0.0653 e. The molecule has 0 amide bonds. The number of ether oxygens (including phenoxy) is 1. The highest BCUT2D eigenvalue weighted by molar-refractivity contribution is 5.17. The summed E-state index contributed by atoms with van der Waals surface area (Å²) < 4.78 is 5.59. The molecule has 0 radical (unpaired) electrons. The van der Waals surface area contributed by atoms with Gasteiger partial charge in [-0.3, -0.25) is 4.90 Å². The Morgan fingerprint density at radius 3 is 3.23 bits per heavy atom. The predicted molar refractivity (Wildman–Crippen MR) is 53.8 cm³/mol. The molecule has 0 aliphatic carbocycles. The number of fused-ring (bicyclic) bond motifs is 1. The molecule has 2 aliphatic heterocycles. The van der Waals surface area contributed by atoms with E-state index in [4.69, 9.17) is 4.74 Å². The van der Waals surface area contributed by atoms with Crippen molar-refractivity contribution in [1.29, 1.82) is 0 Å². The average Bonchev–Trinajstić information content (AvgIpc) is 2.57. The number of rotatable bonds is 3. The summed E-state index contributed by atoms with van der Waals surface area (Å²) in [4.78, 5) is 2.56. The Bertz CT molecular complexity index is 214. The lowest BCUT2D eigenvalue weighted by Gasteiger charge is -2.31. The Morgan fingerprint density at radius 1 is 1.62 bits per heavy atom. The highest BCUT2D eigenvalue weighted by Gasteiger charge is 2.45. The van der Waals surface area contributed by atoms with Gasteiger partial charge in [-0.1, -0.05) is 12.2 Å². The molecule has 0 spiro atoms. The van der Waals surface area contributed by atoms with Gasteiger partial charge in [0, 0.05) is 18.7 Å². The molecular weight excluding hydrogens is 162 g/mol. The van der Waals surface area contributed by atoms with Gasteiger partial charge < -0.3 is 4.74 Å². The zero-order valence-electron chi connectivity index (χ0n) is 8.51. The van der Waals surface area contributed by atoms with E-state index in [0.717, 1.165) is 26.2 Å². The van der Waals surface area contributed by atoms with E-state index < -0.39 is 0 Å². The van der Waals surface area contributed by atoms with Crippen molar-refractivity contribution in [3.63, 3.8) is 0 Å². The highest BCUT2D eigenvalue weighted by Crippen LogP contribution is 2.40. The summed E-state index contributed by atoms with van der Waals surface area (Å²) in [7, 11) is 0. The van der Waals surface area contributed by atoms with Crippen molar-refractivity contribution in [2.24, 2.45) is 0 Å². The van der Waals surface area contributed by atoms with E-state index in [9.17, 15) is 0 Å². The first-order valence-electron chi connectivity index (χ1n) is 5.26. The van der Waals surface area contributed by atoms with E-state index in [1.165, 1.54) is 25.0 Å². The predicted octanol–water partition coefficient (Wildman–Crippen LogP) is 1.82. The van der Waals surface area contributed by atoms with Gasteiger partial charge in [-0.25, -0.2) is 0 Å². The number of hydrogen-bond donors (Lipinski definition) is 0. The van der Waals surface area contributed by atoms with E-state index in [0.29, 0.717) is 5.54 Å². The summed E-state index contributed by atoms with van der Waals surface area (Å²) in [5.41, 5.74) is 1.73. The third-order valence-electron chi connectivity index (χ3n) is 3.31. The van der Waals surface area contributed by atoms with Crippen LogP contribution < -0.4 is 0 Å². The largest absolute Gasteiger partial charge is 0.380 e. The van der Waals surface area contributed by atoms with Gasteiger partial charge >= 0.3 is 0 Å². The van der Waals surface area contributed by atoms with Crippen LogP contribution in [0.3, 0.4) is 0 Å². The quantitative estimate of drug-likeness (QED) is 0.616. The number of nitrogens with zero attached hydrogens (tertiary/aromatic N) is 1. The highest BCUT2D eigenvalue weighted by atomic mass is 16.5. The van der Waals surface area contributed by atoms with Crippen molar-refractivity contribution < 1.29 is 4.74 Å². The van der Waals surface area contributed by atoms with Gasteiger partial charge in [0.2, 0.25) is 0 Å². The fourth-order valence-corrected chi connectivity index (χ4v) is 2.74. The molecule has 1 atom stereocenters. The average molecular weight is 181 g/mol. The van der Waals surface area contributed by atoms with Crippen LogP contribution in [-0.2, 0) is 4.74 Å². The smallest absolute Gasteiger partial charge is 0.0653 e. The summed E-state index contributed by atoms with van der Waals surface area (Å²) >= 11 is 0. The molecule has 2 rings (SSSR count). The molecule has 2 nitrogen and oxygen atoms in total. The fraction of sp³-hybridized carbons (Fsp3) is 0.818. The summed E-state index contributed by atoms with van der Waals surface area (Å²) in [6.07, 6.45) is 3.79. The van der Waals surface area contributed by atoms with Crippen molar-refractivity contribution >= 4 is 0 Å². The van der Waals surface area contributed by atoms with Crippen LogP contribution in [0.5, 0.6) is 0 Å². The van der Waals surface area contributed by atoms with Gasteiger partial charge in [0.1, 0.15) is 0 Å². The topological polar surface area (TPSA) is 12.5 Å². The SMILES string of the molecule is C=C1CN2CCCC2(COCC)C1. The minimum atomic E-state index is 0.340. The minimum absolute atomic E-state index is 0.340. The molecule has 0 bridgehead atoms. The van der Waals surface area contributed by atoms with Gasteiger partial charge in [-0.15, -0.1) is 0 Å². The lowest BCUT2D eigenvalue weighted by molar-refractivity contribution is 0.0418. The molecule has 0 aromatic rings. The molecule has 0 N–H and O–H groups in total. The van der Waals surface area contributed by atoms with Gasteiger partial charge in [-0.05, 0) is 32.7 Å². The normalized spacial score (nSPS) is 34.1. The molecule has 74 valence electrons. The second kappa shape index (κ2) is 3.43. The lowest BCUT2D eigenvalue weighted by atomic mass is 9.94. The fourth-order valence-electron chi connectivity index (χ4n) is 2.74. The van der Waals surface area contributed by atoms with E-state index >= 15 is 0 Å². The first kappa shape index (κ1) is 9.22. The van der Waals surface area contributed by atoms with E-state index in [1.807, 2.05) is 0 Å². The standard InChI is InChI=1S/C11H19NO/c1-3-13-9-11-5-4-6-12(11)8-10(2)7-11/h2-9H2,1H3. The van der Waals surface area contributed by atoms with Crippen LogP contribution in [0.15, 0.2) is 12.2 Å². The molecular formula is C11H19NO. The molecule has 0 aromatic heterocycles. The second-order valence-corrected chi connectivity index (χ2v) is 4.31. The molecule has 13 heavy (non-hydrogen) atoms. The van der Waals surface area contributed by atoms with Crippen LogP contribution in [0.2, 0.25) is 0 Å². The van der Waals surface area contributed by atoms with Gasteiger partial charge in [0.25, 0.3) is 0 Å². The van der Waals surface area contributed by atoms with E-state index in [1.54, 1.807) is 0 Å². The van der Waals surface area contributed by atoms with Crippen molar-refractivity contribution in [1.82, 2.24) is 4.90 Å². The zero-order valence-corrected chi connectivity index (χ0v) is 8.51. The lowest BCUT2D eigenvalue weighted by Crippen LogP contribution is -2.42. The molecule has 0 saturated carbocycles. The van der Waals surface area contributed by atoms with E-state index in [2.05, 4.69) is 18.4 Å². The first-order valence-corrected chi connectivity index (χ1v) is 5.26. The van der Waals surface area contributed by atoms with Crippen LogP contribution in [0, 0.1) is 0 Å². The van der Waals surface area contributed by atoms with Crippen molar-refractivity contribution in [3.8, 4) is 0 Å². The van der Waals surface area contributed by atoms with E-state index in [-0.39, 0.29) is 0 Å². The maximum atomic E-state index is 5.59. The van der Waals surface area contributed by atoms with Crippen LogP contribution in [-0.4, -0.2) is 36.7 Å². The summed E-state index contributed by atoms with van der Waals surface area (Å²) in [6, 6.07) is 0. The molecule has 2 aliphatic rings. The molecule has 2 heteroatoms. The maximum absolute atomic E-state index is 5.59. The minimum Gasteiger partial charge on any atom is -0.380 e. The Morgan fingerprint density at radius 2 is 2.46 bits per heavy atom. The third-order valence-corrected chi connectivity index (χ3v) is 3.31. The van der Waals surface area contributed by atoms with Crippen LogP contribution >= 0.6 is 0 Å².